The molecule has 0 atom stereocenters. The number of ether oxygens (including phenoxy) is 2. The highest BCUT2D eigenvalue weighted by molar-refractivity contribution is 5.89. The van der Waals surface area contributed by atoms with Crippen LogP contribution in [-0.4, -0.2) is 25.3 Å². The van der Waals surface area contributed by atoms with Crippen LogP contribution in [0.2, 0.25) is 0 Å². The maximum Gasteiger partial charge on any atom is 0.319 e. The van der Waals surface area contributed by atoms with Crippen molar-refractivity contribution in [2.75, 3.05) is 18.5 Å². The second-order valence-electron chi connectivity index (χ2n) is 6.17. The van der Waals surface area contributed by atoms with Crippen LogP contribution in [0.3, 0.4) is 0 Å². The molecule has 134 valence electrons. The molecule has 0 unspecified atom stereocenters. The van der Waals surface area contributed by atoms with Crippen LogP contribution in [0.5, 0.6) is 11.5 Å². The number of carbonyl (C=O) groups is 1. The molecule has 2 rings (SSSR count). The van der Waals surface area contributed by atoms with Crippen molar-refractivity contribution in [3.63, 3.8) is 0 Å². The summed E-state index contributed by atoms with van der Waals surface area (Å²) in [4.78, 5) is 11.9. The van der Waals surface area contributed by atoms with Crippen molar-refractivity contribution in [2.45, 2.75) is 33.8 Å². The van der Waals surface area contributed by atoms with E-state index in [2.05, 4.69) is 17.6 Å². The molecule has 5 heteroatoms. The van der Waals surface area contributed by atoms with Crippen molar-refractivity contribution in [3.05, 3.63) is 53.6 Å². The lowest BCUT2D eigenvalue weighted by Gasteiger charge is -2.12. The van der Waals surface area contributed by atoms with E-state index in [0.29, 0.717) is 18.8 Å². The normalized spacial score (nSPS) is 10.4. The minimum Gasteiger partial charge on any atom is -0.492 e. The number of carbonyl (C=O) groups excluding carboxylic acids is 1. The van der Waals surface area contributed by atoms with Crippen molar-refractivity contribution < 1.29 is 14.3 Å². The topological polar surface area (TPSA) is 59.6 Å². The summed E-state index contributed by atoms with van der Waals surface area (Å²) in [5.41, 5.74) is 3.13. The summed E-state index contributed by atoms with van der Waals surface area (Å²) >= 11 is 0. The summed E-state index contributed by atoms with van der Waals surface area (Å²) < 4.78 is 11.2. The molecule has 0 aliphatic heterocycles. The molecule has 5 nitrogen and oxygen atoms in total. The van der Waals surface area contributed by atoms with Crippen molar-refractivity contribution in [2.24, 2.45) is 0 Å². The number of hydrogen-bond donors (Lipinski definition) is 2. The fraction of sp³-hybridized carbons (Fsp3) is 0.350. The molecule has 0 aliphatic rings. The zero-order valence-corrected chi connectivity index (χ0v) is 15.3. The van der Waals surface area contributed by atoms with Gasteiger partial charge in [-0.25, -0.2) is 4.79 Å². The first-order valence-electron chi connectivity index (χ1n) is 8.45. The Morgan fingerprint density at radius 3 is 2.32 bits per heavy atom. The number of anilines is 1. The number of benzene rings is 2. The Kier molecular flexibility index (Phi) is 6.69. The van der Waals surface area contributed by atoms with Gasteiger partial charge in [-0.2, -0.15) is 0 Å². The van der Waals surface area contributed by atoms with Crippen LogP contribution in [0.4, 0.5) is 10.5 Å². The standard InChI is InChI=1S/C20H26N2O3/c1-14(2)25-18-9-6-17(7-10-18)22-20(23)21-11-12-24-19-8-5-15(3)16(4)13-19/h5-10,13-14H,11-12H2,1-4H3,(H2,21,22,23). The second kappa shape index (κ2) is 8.97. The molecule has 0 radical (unpaired) electrons. The number of amides is 2. The molecule has 0 bridgehead atoms. The predicted octanol–water partition coefficient (Wildman–Crippen LogP) is 4.29. The minimum atomic E-state index is -0.263. The van der Waals surface area contributed by atoms with Gasteiger partial charge in [0.1, 0.15) is 18.1 Å². The number of urea groups is 1. The number of aryl methyl sites for hydroxylation is 2. The highest BCUT2D eigenvalue weighted by atomic mass is 16.5. The zero-order chi connectivity index (χ0) is 18.2. The summed E-state index contributed by atoms with van der Waals surface area (Å²) in [7, 11) is 0. The van der Waals surface area contributed by atoms with Gasteiger partial charge >= 0.3 is 6.03 Å². The van der Waals surface area contributed by atoms with Gasteiger partial charge in [0.2, 0.25) is 0 Å². The van der Waals surface area contributed by atoms with Gasteiger partial charge in [-0.1, -0.05) is 6.07 Å². The SMILES string of the molecule is Cc1ccc(OCCNC(=O)Nc2ccc(OC(C)C)cc2)cc1C. The van der Waals surface area contributed by atoms with E-state index in [0.717, 1.165) is 11.5 Å². The van der Waals surface area contributed by atoms with E-state index in [1.807, 2.05) is 63.2 Å². The van der Waals surface area contributed by atoms with Gasteiger partial charge < -0.3 is 20.1 Å². The van der Waals surface area contributed by atoms with Crippen molar-refractivity contribution in [3.8, 4) is 11.5 Å². The van der Waals surface area contributed by atoms with Crippen LogP contribution in [0, 0.1) is 13.8 Å². The van der Waals surface area contributed by atoms with Crippen LogP contribution >= 0.6 is 0 Å². The van der Waals surface area contributed by atoms with E-state index in [1.54, 1.807) is 0 Å². The van der Waals surface area contributed by atoms with Gasteiger partial charge in [-0.15, -0.1) is 0 Å². The largest absolute Gasteiger partial charge is 0.492 e. The third-order valence-corrected chi connectivity index (χ3v) is 3.62. The Hall–Kier alpha value is -2.69. The molecule has 25 heavy (non-hydrogen) atoms. The van der Waals surface area contributed by atoms with Gasteiger partial charge in [-0.3, -0.25) is 0 Å². The van der Waals surface area contributed by atoms with Gasteiger partial charge in [0, 0.05) is 5.69 Å². The van der Waals surface area contributed by atoms with E-state index in [1.165, 1.54) is 11.1 Å². The lowest BCUT2D eigenvalue weighted by Crippen LogP contribution is -2.32. The molecule has 0 aromatic heterocycles. The summed E-state index contributed by atoms with van der Waals surface area (Å²) in [6.07, 6.45) is 0.124. The van der Waals surface area contributed by atoms with Gasteiger partial charge in [0.15, 0.2) is 0 Å². The molecular formula is C20H26N2O3. The number of hydrogen-bond acceptors (Lipinski definition) is 3. The summed E-state index contributed by atoms with van der Waals surface area (Å²) in [5.74, 6) is 1.59. The monoisotopic (exact) mass is 342 g/mol. The van der Waals surface area contributed by atoms with Crippen molar-refractivity contribution >= 4 is 11.7 Å². The first-order valence-corrected chi connectivity index (χ1v) is 8.45. The minimum absolute atomic E-state index is 0.124. The maximum absolute atomic E-state index is 11.9. The highest BCUT2D eigenvalue weighted by Crippen LogP contribution is 2.17. The molecule has 2 aromatic carbocycles. The maximum atomic E-state index is 11.9. The first-order chi connectivity index (χ1) is 11.9. The van der Waals surface area contributed by atoms with Crippen LogP contribution in [-0.2, 0) is 0 Å². The zero-order valence-electron chi connectivity index (χ0n) is 15.3. The van der Waals surface area contributed by atoms with Crippen molar-refractivity contribution in [1.82, 2.24) is 5.32 Å². The molecule has 0 fully saturated rings. The second-order valence-corrected chi connectivity index (χ2v) is 6.17. The lowest BCUT2D eigenvalue weighted by atomic mass is 10.1. The first kappa shape index (κ1) is 18.6. The molecule has 0 heterocycles. The lowest BCUT2D eigenvalue weighted by molar-refractivity contribution is 0.242. The average Bonchev–Trinajstić information content (AvgIpc) is 2.56. The van der Waals surface area contributed by atoms with Gasteiger partial charge in [0.05, 0.1) is 12.6 Å². The predicted molar refractivity (Wildman–Crippen MR) is 101 cm³/mol. The van der Waals surface area contributed by atoms with Crippen LogP contribution in [0.15, 0.2) is 42.5 Å². The molecule has 0 saturated heterocycles. The number of rotatable bonds is 7. The Morgan fingerprint density at radius 1 is 1.00 bits per heavy atom. The summed E-state index contributed by atoms with van der Waals surface area (Å²) in [5, 5.41) is 5.54. The molecular weight excluding hydrogens is 316 g/mol. The van der Waals surface area contributed by atoms with Crippen LogP contribution in [0.25, 0.3) is 0 Å². The molecule has 2 aromatic rings. The Labute approximate surface area is 149 Å². The van der Waals surface area contributed by atoms with E-state index < -0.39 is 0 Å². The van der Waals surface area contributed by atoms with Gasteiger partial charge in [0.25, 0.3) is 0 Å². The van der Waals surface area contributed by atoms with Crippen LogP contribution < -0.4 is 20.1 Å². The molecule has 2 amide bonds. The average molecular weight is 342 g/mol. The fourth-order valence-electron chi connectivity index (χ4n) is 2.20. The number of nitrogens with one attached hydrogen (secondary N) is 2. The van der Waals surface area contributed by atoms with Crippen LogP contribution in [0.1, 0.15) is 25.0 Å². The Morgan fingerprint density at radius 2 is 1.68 bits per heavy atom. The van der Waals surface area contributed by atoms with E-state index in [-0.39, 0.29) is 12.1 Å². The summed E-state index contributed by atoms with van der Waals surface area (Å²) in [6.45, 7) is 8.89. The summed E-state index contributed by atoms with van der Waals surface area (Å²) in [6, 6.07) is 13.0. The van der Waals surface area contributed by atoms with E-state index >= 15 is 0 Å². The Balaban J connectivity index is 1.70. The highest BCUT2D eigenvalue weighted by Gasteiger charge is 2.03. The van der Waals surface area contributed by atoms with Crippen molar-refractivity contribution in [1.29, 1.82) is 0 Å². The molecule has 0 aliphatic carbocycles. The van der Waals surface area contributed by atoms with Gasteiger partial charge in [-0.05, 0) is 75.2 Å². The molecule has 2 N–H and O–H groups in total. The fourth-order valence-corrected chi connectivity index (χ4v) is 2.20. The van der Waals surface area contributed by atoms with E-state index in [9.17, 15) is 4.79 Å². The third-order valence-electron chi connectivity index (χ3n) is 3.62. The molecule has 0 saturated carbocycles. The Bertz CT molecular complexity index is 697. The third kappa shape index (κ3) is 6.37. The quantitative estimate of drug-likeness (QED) is 0.738. The smallest absolute Gasteiger partial charge is 0.319 e. The van der Waals surface area contributed by atoms with E-state index in [4.69, 9.17) is 9.47 Å². The molecule has 0 spiro atoms.